The lowest BCUT2D eigenvalue weighted by molar-refractivity contribution is 0.0972. The van der Waals surface area contributed by atoms with Gasteiger partial charge in [-0.15, -0.1) is 0 Å². The lowest BCUT2D eigenvalue weighted by Crippen LogP contribution is -2.34. The Morgan fingerprint density at radius 3 is 2.77 bits per heavy atom. The largest absolute Gasteiger partial charge is 0.383 e. The summed E-state index contributed by atoms with van der Waals surface area (Å²) in [6.45, 7) is 9.84. The predicted molar refractivity (Wildman–Crippen MR) is 104 cm³/mol. The van der Waals surface area contributed by atoms with Crippen LogP contribution in [0.1, 0.15) is 16.1 Å². The molecule has 1 N–H and O–H groups in total. The van der Waals surface area contributed by atoms with Crippen molar-refractivity contribution in [2.75, 3.05) is 25.2 Å². The molecule has 0 saturated heterocycles. The molecule has 0 saturated carbocycles. The number of aromatic nitrogens is 1. The minimum absolute atomic E-state index is 0.177. The molecule has 0 spiro atoms. The molecule has 0 unspecified atom stereocenters. The van der Waals surface area contributed by atoms with E-state index in [1.165, 1.54) is 0 Å². The summed E-state index contributed by atoms with van der Waals surface area (Å²) in [4.78, 5) is 21.4. The SMILES string of the molecule is [C-]#[N+]c1ccc(N(CCOC)C(=O)c2cc3cccc(Cl)c3[nH]2)cc1C. The zero-order valence-corrected chi connectivity index (χ0v) is 15.3. The van der Waals surface area contributed by atoms with Crippen LogP contribution in [0.2, 0.25) is 5.02 Å². The van der Waals surface area contributed by atoms with Gasteiger partial charge in [-0.2, -0.15) is 0 Å². The standard InChI is InChI=1S/C20H18ClN3O2/c1-13-11-15(7-8-17(13)22-2)24(9-10-26-3)20(25)18-12-14-5-4-6-16(21)19(14)23-18/h4-8,11-12,23H,9-10H2,1,3H3. The molecular formula is C20H18ClN3O2. The van der Waals surface area contributed by atoms with Gasteiger partial charge in [0.1, 0.15) is 5.69 Å². The van der Waals surface area contributed by atoms with E-state index in [4.69, 9.17) is 22.9 Å². The monoisotopic (exact) mass is 367 g/mol. The topological polar surface area (TPSA) is 49.7 Å². The molecule has 0 aliphatic carbocycles. The molecule has 3 rings (SSSR count). The number of rotatable bonds is 5. The van der Waals surface area contributed by atoms with E-state index in [1.807, 2.05) is 25.1 Å². The van der Waals surface area contributed by atoms with Crippen LogP contribution in [0, 0.1) is 13.5 Å². The molecule has 0 aliphatic heterocycles. The van der Waals surface area contributed by atoms with Crippen molar-refractivity contribution < 1.29 is 9.53 Å². The molecule has 1 aromatic heterocycles. The normalized spacial score (nSPS) is 10.7. The molecule has 3 aromatic rings. The molecule has 0 radical (unpaired) electrons. The molecular weight excluding hydrogens is 350 g/mol. The van der Waals surface area contributed by atoms with Gasteiger partial charge in [0.15, 0.2) is 5.69 Å². The Kier molecular flexibility index (Phi) is 5.27. The van der Waals surface area contributed by atoms with Crippen LogP contribution in [0.25, 0.3) is 15.7 Å². The Labute approximate surface area is 157 Å². The third kappa shape index (κ3) is 3.43. The molecule has 2 aromatic carbocycles. The first-order valence-corrected chi connectivity index (χ1v) is 8.49. The number of H-pyrrole nitrogens is 1. The Morgan fingerprint density at radius 2 is 2.12 bits per heavy atom. The number of halogens is 1. The first-order valence-electron chi connectivity index (χ1n) is 8.11. The number of hydrogen-bond donors (Lipinski definition) is 1. The lowest BCUT2D eigenvalue weighted by atomic mass is 10.1. The van der Waals surface area contributed by atoms with Crippen LogP contribution < -0.4 is 4.90 Å². The van der Waals surface area contributed by atoms with E-state index in [2.05, 4.69) is 9.83 Å². The van der Waals surface area contributed by atoms with Crippen molar-refractivity contribution in [3.05, 3.63) is 70.2 Å². The van der Waals surface area contributed by atoms with E-state index >= 15 is 0 Å². The summed E-state index contributed by atoms with van der Waals surface area (Å²) in [7, 11) is 1.60. The third-order valence-corrected chi connectivity index (χ3v) is 4.53. The van der Waals surface area contributed by atoms with E-state index in [-0.39, 0.29) is 5.91 Å². The fraction of sp³-hybridized carbons (Fsp3) is 0.200. The number of nitrogens with zero attached hydrogens (tertiary/aromatic N) is 2. The van der Waals surface area contributed by atoms with Crippen molar-refractivity contribution in [2.24, 2.45) is 0 Å². The zero-order chi connectivity index (χ0) is 18.7. The predicted octanol–water partition coefficient (Wildman–Crippen LogP) is 4.97. The van der Waals surface area contributed by atoms with Gasteiger partial charge in [0, 0.05) is 24.7 Å². The minimum Gasteiger partial charge on any atom is -0.383 e. The van der Waals surface area contributed by atoms with E-state index in [1.54, 1.807) is 36.3 Å². The molecule has 26 heavy (non-hydrogen) atoms. The maximum atomic E-state index is 13.1. The van der Waals surface area contributed by atoms with Crippen LogP contribution in [0.4, 0.5) is 11.4 Å². The number of benzene rings is 2. The van der Waals surface area contributed by atoms with Gasteiger partial charge in [-0.1, -0.05) is 29.8 Å². The fourth-order valence-electron chi connectivity index (χ4n) is 2.84. The molecule has 0 atom stereocenters. The highest BCUT2D eigenvalue weighted by molar-refractivity contribution is 6.35. The Morgan fingerprint density at radius 1 is 1.31 bits per heavy atom. The van der Waals surface area contributed by atoms with Gasteiger partial charge < -0.3 is 14.6 Å². The highest BCUT2D eigenvalue weighted by atomic mass is 35.5. The van der Waals surface area contributed by atoms with Gasteiger partial charge >= 0.3 is 0 Å². The summed E-state index contributed by atoms with van der Waals surface area (Å²) >= 11 is 6.21. The number of anilines is 1. The first kappa shape index (κ1) is 18.0. The van der Waals surface area contributed by atoms with Crippen molar-refractivity contribution in [3.8, 4) is 0 Å². The molecule has 5 nitrogen and oxygen atoms in total. The Balaban J connectivity index is 2.01. The van der Waals surface area contributed by atoms with Crippen LogP contribution in [-0.4, -0.2) is 31.2 Å². The molecule has 0 aliphatic rings. The average molecular weight is 368 g/mol. The van der Waals surface area contributed by atoms with Gasteiger partial charge in [0.2, 0.25) is 0 Å². The van der Waals surface area contributed by atoms with Crippen LogP contribution in [0.15, 0.2) is 42.5 Å². The van der Waals surface area contributed by atoms with Gasteiger partial charge in [-0.3, -0.25) is 4.79 Å². The number of fused-ring (bicyclic) bond motifs is 1. The number of aromatic amines is 1. The quantitative estimate of drug-likeness (QED) is 0.647. The van der Waals surface area contributed by atoms with Gasteiger partial charge in [-0.05, 0) is 36.8 Å². The van der Waals surface area contributed by atoms with Gasteiger partial charge in [0.25, 0.3) is 5.91 Å². The van der Waals surface area contributed by atoms with Crippen molar-refractivity contribution in [3.63, 3.8) is 0 Å². The molecule has 132 valence electrons. The number of carbonyl (C=O) groups is 1. The maximum Gasteiger partial charge on any atom is 0.274 e. The fourth-order valence-corrected chi connectivity index (χ4v) is 3.07. The second kappa shape index (κ2) is 7.61. The number of ether oxygens (including phenoxy) is 1. The summed E-state index contributed by atoms with van der Waals surface area (Å²) in [5, 5.41) is 1.45. The first-order chi connectivity index (χ1) is 12.5. The molecule has 1 amide bonds. The van der Waals surface area contributed by atoms with Crippen LogP contribution in [-0.2, 0) is 4.74 Å². The van der Waals surface area contributed by atoms with E-state index in [9.17, 15) is 4.79 Å². The van der Waals surface area contributed by atoms with Crippen molar-refractivity contribution >= 4 is 39.8 Å². The van der Waals surface area contributed by atoms with Crippen molar-refractivity contribution in [1.82, 2.24) is 4.98 Å². The highest BCUT2D eigenvalue weighted by Crippen LogP contribution is 2.28. The number of hydrogen-bond acceptors (Lipinski definition) is 2. The van der Waals surface area contributed by atoms with Crippen LogP contribution in [0.3, 0.4) is 0 Å². The number of para-hydroxylation sites is 1. The maximum absolute atomic E-state index is 13.1. The van der Waals surface area contributed by atoms with E-state index in [0.29, 0.717) is 29.6 Å². The summed E-state index contributed by atoms with van der Waals surface area (Å²) in [6.07, 6.45) is 0. The Hall–Kier alpha value is -2.81. The second-order valence-electron chi connectivity index (χ2n) is 5.92. The second-order valence-corrected chi connectivity index (χ2v) is 6.33. The van der Waals surface area contributed by atoms with Crippen molar-refractivity contribution in [1.29, 1.82) is 0 Å². The van der Waals surface area contributed by atoms with E-state index < -0.39 is 0 Å². The lowest BCUT2D eigenvalue weighted by Gasteiger charge is -2.22. The third-order valence-electron chi connectivity index (χ3n) is 4.21. The summed E-state index contributed by atoms with van der Waals surface area (Å²) < 4.78 is 5.16. The Bertz CT molecular complexity index is 1000. The number of aryl methyl sites for hydroxylation is 1. The van der Waals surface area contributed by atoms with Crippen LogP contribution in [0.5, 0.6) is 0 Å². The number of nitrogens with one attached hydrogen (secondary N) is 1. The highest BCUT2D eigenvalue weighted by Gasteiger charge is 2.20. The van der Waals surface area contributed by atoms with Gasteiger partial charge in [-0.25, -0.2) is 4.85 Å². The molecule has 0 fully saturated rings. The number of methoxy groups -OCH3 is 1. The summed E-state index contributed by atoms with van der Waals surface area (Å²) in [5.41, 5.74) is 3.32. The average Bonchev–Trinajstić information content (AvgIpc) is 3.08. The smallest absolute Gasteiger partial charge is 0.274 e. The van der Waals surface area contributed by atoms with Crippen molar-refractivity contribution in [2.45, 2.75) is 6.92 Å². The molecule has 0 bridgehead atoms. The number of amides is 1. The van der Waals surface area contributed by atoms with Gasteiger partial charge in [0.05, 0.1) is 23.7 Å². The molecule has 1 heterocycles. The zero-order valence-electron chi connectivity index (χ0n) is 14.5. The summed E-state index contributed by atoms with van der Waals surface area (Å²) in [5.74, 6) is -0.177. The minimum atomic E-state index is -0.177. The number of carbonyl (C=O) groups excluding carboxylic acids is 1. The summed E-state index contributed by atoms with van der Waals surface area (Å²) in [6, 6.07) is 12.7. The van der Waals surface area contributed by atoms with E-state index in [0.717, 1.165) is 22.2 Å². The van der Waals surface area contributed by atoms with Crippen LogP contribution >= 0.6 is 11.6 Å². The molecule has 6 heteroatoms.